The van der Waals surface area contributed by atoms with E-state index >= 15 is 0 Å². The monoisotopic (exact) mass is 340 g/mol. The molecule has 1 heterocycles. The highest BCUT2D eigenvalue weighted by Crippen LogP contribution is 2.19. The highest BCUT2D eigenvalue weighted by Gasteiger charge is 2.20. The number of hydrogen-bond acceptors (Lipinski definition) is 3. The molecule has 4 heteroatoms. The topological polar surface area (TPSA) is 26.7 Å². The van der Waals surface area contributed by atoms with Gasteiger partial charge >= 0.3 is 0 Å². The maximum absolute atomic E-state index is 10.3. The average molecular weight is 341 g/mol. The Morgan fingerprint density at radius 3 is 2.25 bits per heavy atom. The standard InChI is InChI=1S/C16H25BrN2O/c1-13(2)11-18-6-8-19(9-7-18)12-16(20)14-4-3-5-15(17)10-14/h3-5,10,13,16,20H,6-9,11-12H2,1-2H3. The van der Waals surface area contributed by atoms with Crippen LogP contribution in [0.3, 0.4) is 0 Å². The molecule has 2 rings (SSSR count). The molecule has 0 spiro atoms. The minimum absolute atomic E-state index is 0.399. The van der Waals surface area contributed by atoms with E-state index in [-0.39, 0.29) is 0 Å². The predicted molar refractivity (Wildman–Crippen MR) is 86.8 cm³/mol. The van der Waals surface area contributed by atoms with Crippen LogP contribution in [0.1, 0.15) is 25.5 Å². The van der Waals surface area contributed by atoms with Gasteiger partial charge in [-0.25, -0.2) is 0 Å². The van der Waals surface area contributed by atoms with Crippen molar-refractivity contribution in [3.8, 4) is 0 Å². The van der Waals surface area contributed by atoms with E-state index in [1.165, 1.54) is 6.54 Å². The third-order valence-electron chi connectivity index (χ3n) is 3.75. The van der Waals surface area contributed by atoms with Gasteiger partial charge in [0.25, 0.3) is 0 Å². The van der Waals surface area contributed by atoms with Crippen LogP contribution in [0.4, 0.5) is 0 Å². The molecule has 20 heavy (non-hydrogen) atoms. The lowest BCUT2D eigenvalue weighted by atomic mass is 10.1. The average Bonchev–Trinajstić information content (AvgIpc) is 2.40. The Balaban J connectivity index is 1.80. The van der Waals surface area contributed by atoms with E-state index in [0.29, 0.717) is 0 Å². The van der Waals surface area contributed by atoms with Crippen molar-refractivity contribution >= 4 is 15.9 Å². The Morgan fingerprint density at radius 2 is 1.70 bits per heavy atom. The second kappa shape index (κ2) is 7.55. The van der Waals surface area contributed by atoms with Crippen LogP contribution in [0.25, 0.3) is 0 Å². The number of halogens is 1. The first-order chi connectivity index (χ1) is 9.54. The van der Waals surface area contributed by atoms with Crippen molar-refractivity contribution in [2.75, 3.05) is 39.3 Å². The summed E-state index contributed by atoms with van der Waals surface area (Å²) >= 11 is 3.45. The molecule has 0 saturated carbocycles. The molecule has 0 aliphatic carbocycles. The fourth-order valence-electron chi connectivity index (χ4n) is 2.73. The van der Waals surface area contributed by atoms with Crippen LogP contribution in [0, 0.1) is 5.92 Å². The fourth-order valence-corrected chi connectivity index (χ4v) is 3.15. The third-order valence-corrected chi connectivity index (χ3v) is 4.25. The zero-order valence-electron chi connectivity index (χ0n) is 12.4. The van der Waals surface area contributed by atoms with Crippen LogP contribution in [-0.4, -0.2) is 54.2 Å². The smallest absolute Gasteiger partial charge is 0.0917 e. The molecule has 0 radical (unpaired) electrons. The number of aliphatic hydroxyl groups is 1. The lowest BCUT2D eigenvalue weighted by Crippen LogP contribution is -2.48. The summed E-state index contributed by atoms with van der Waals surface area (Å²) in [6.07, 6.45) is -0.399. The number of aliphatic hydroxyl groups excluding tert-OH is 1. The third kappa shape index (κ3) is 4.85. The molecule has 112 valence electrons. The number of piperazine rings is 1. The Morgan fingerprint density at radius 1 is 1.10 bits per heavy atom. The molecule has 1 N–H and O–H groups in total. The zero-order valence-corrected chi connectivity index (χ0v) is 14.0. The van der Waals surface area contributed by atoms with Gasteiger partial charge in [0.1, 0.15) is 0 Å². The molecule has 1 aromatic carbocycles. The van der Waals surface area contributed by atoms with Crippen molar-refractivity contribution in [1.29, 1.82) is 0 Å². The van der Waals surface area contributed by atoms with Gasteiger partial charge < -0.3 is 10.0 Å². The van der Waals surface area contributed by atoms with E-state index in [4.69, 9.17) is 0 Å². The second-order valence-corrected chi connectivity index (χ2v) is 6.98. The van der Waals surface area contributed by atoms with Crippen LogP contribution >= 0.6 is 15.9 Å². The number of β-amino-alcohol motifs (C(OH)–C–C–N with tert-alkyl or cyclic N) is 1. The van der Waals surface area contributed by atoms with E-state index in [0.717, 1.165) is 48.7 Å². The SMILES string of the molecule is CC(C)CN1CCN(CC(O)c2cccc(Br)c2)CC1. The molecule has 1 atom stereocenters. The highest BCUT2D eigenvalue weighted by molar-refractivity contribution is 9.10. The van der Waals surface area contributed by atoms with Crippen molar-refractivity contribution in [3.63, 3.8) is 0 Å². The zero-order chi connectivity index (χ0) is 14.5. The quantitative estimate of drug-likeness (QED) is 0.892. The first-order valence-corrected chi connectivity index (χ1v) is 8.22. The van der Waals surface area contributed by atoms with E-state index in [2.05, 4.69) is 39.6 Å². The molecule has 0 aromatic heterocycles. The van der Waals surface area contributed by atoms with Gasteiger partial charge in [0.05, 0.1) is 6.10 Å². The van der Waals surface area contributed by atoms with Crippen LogP contribution in [0.2, 0.25) is 0 Å². The number of hydrogen-bond donors (Lipinski definition) is 1. The summed E-state index contributed by atoms with van der Waals surface area (Å²) in [6, 6.07) is 7.95. The normalized spacial score (nSPS) is 19.4. The van der Waals surface area contributed by atoms with Gasteiger partial charge in [0.2, 0.25) is 0 Å². The molecule has 3 nitrogen and oxygen atoms in total. The molecule has 1 fully saturated rings. The second-order valence-electron chi connectivity index (χ2n) is 6.07. The first kappa shape index (κ1) is 16.0. The maximum atomic E-state index is 10.3. The summed E-state index contributed by atoms with van der Waals surface area (Å²) in [4.78, 5) is 4.88. The molecule has 1 aliphatic rings. The number of nitrogens with zero attached hydrogens (tertiary/aromatic N) is 2. The van der Waals surface area contributed by atoms with Crippen molar-refractivity contribution in [3.05, 3.63) is 34.3 Å². The minimum Gasteiger partial charge on any atom is -0.387 e. The van der Waals surface area contributed by atoms with Crippen LogP contribution < -0.4 is 0 Å². The Hall–Kier alpha value is -0.420. The van der Waals surface area contributed by atoms with Crippen LogP contribution in [0.5, 0.6) is 0 Å². The Kier molecular flexibility index (Phi) is 6.02. The Labute approximate surface area is 130 Å². The summed E-state index contributed by atoms with van der Waals surface area (Å²) in [7, 11) is 0. The molecule has 0 amide bonds. The summed E-state index contributed by atoms with van der Waals surface area (Å²) in [5.41, 5.74) is 0.990. The predicted octanol–water partition coefficient (Wildman–Crippen LogP) is 2.76. The van der Waals surface area contributed by atoms with Crippen LogP contribution in [0.15, 0.2) is 28.7 Å². The molecule has 0 bridgehead atoms. The van der Waals surface area contributed by atoms with Crippen molar-refractivity contribution in [2.45, 2.75) is 20.0 Å². The summed E-state index contributed by atoms with van der Waals surface area (Å²) in [5.74, 6) is 0.730. The van der Waals surface area contributed by atoms with E-state index < -0.39 is 6.10 Å². The van der Waals surface area contributed by atoms with Gasteiger partial charge in [-0.1, -0.05) is 41.9 Å². The number of benzene rings is 1. The Bertz CT molecular complexity index is 417. The minimum atomic E-state index is -0.399. The lowest BCUT2D eigenvalue weighted by molar-refractivity contribution is 0.0687. The number of rotatable bonds is 5. The van der Waals surface area contributed by atoms with Gasteiger partial charge in [-0.3, -0.25) is 4.90 Å². The van der Waals surface area contributed by atoms with Crippen molar-refractivity contribution in [1.82, 2.24) is 9.80 Å². The van der Waals surface area contributed by atoms with Crippen LogP contribution in [-0.2, 0) is 0 Å². The van der Waals surface area contributed by atoms with E-state index in [1.807, 2.05) is 24.3 Å². The van der Waals surface area contributed by atoms with Gasteiger partial charge in [-0.2, -0.15) is 0 Å². The van der Waals surface area contributed by atoms with Gasteiger partial charge in [0.15, 0.2) is 0 Å². The van der Waals surface area contributed by atoms with Gasteiger partial charge in [-0.15, -0.1) is 0 Å². The van der Waals surface area contributed by atoms with E-state index in [9.17, 15) is 5.11 Å². The highest BCUT2D eigenvalue weighted by atomic mass is 79.9. The van der Waals surface area contributed by atoms with Gasteiger partial charge in [0, 0.05) is 43.7 Å². The maximum Gasteiger partial charge on any atom is 0.0917 e. The van der Waals surface area contributed by atoms with Crippen molar-refractivity contribution in [2.24, 2.45) is 5.92 Å². The molecule has 1 unspecified atom stereocenters. The van der Waals surface area contributed by atoms with Gasteiger partial charge in [-0.05, 0) is 23.6 Å². The molecule has 1 saturated heterocycles. The van der Waals surface area contributed by atoms with Crippen molar-refractivity contribution < 1.29 is 5.11 Å². The van der Waals surface area contributed by atoms with E-state index in [1.54, 1.807) is 0 Å². The molecular formula is C16H25BrN2O. The molecule has 1 aliphatic heterocycles. The summed E-state index contributed by atoms with van der Waals surface area (Å²) in [5, 5.41) is 10.3. The first-order valence-electron chi connectivity index (χ1n) is 7.43. The summed E-state index contributed by atoms with van der Waals surface area (Å²) < 4.78 is 1.02. The molecule has 1 aromatic rings. The lowest BCUT2D eigenvalue weighted by Gasteiger charge is -2.36. The summed E-state index contributed by atoms with van der Waals surface area (Å²) in [6.45, 7) is 10.8. The molecular weight excluding hydrogens is 316 g/mol. The largest absolute Gasteiger partial charge is 0.387 e. The fraction of sp³-hybridized carbons (Fsp3) is 0.625.